The van der Waals surface area contributed by atoms with Gasteiger partial charge < -0.3 is 9.80 Å². The minimum Gasteiger partial charge on any atom is -0.367 e. The Balaban J connectivity index is 1.25. The number of aromatic nitrogens is 1. The molecule has 3 aromatic rings. The lowest BCUT2D eigenvalue weighted by atomic mass is 10.1. The maximum atomic E-state index is 13.0. The van der Waals surface area contributed by atoms with Crippen molar-refractivity contribution in [2.45, 2.75) is 10.8 Å². The molecule has 0 atom stereocenters. The highest BCUT2D eigenvalue weighted by Gasteiger charge is 2.23. The van der Waals surface area contributed by atoms with Gasteiger partial charge in [0.2, 0.25) is 5.91 Å². The number of carbonyl (C=O) groups is 2. The summed E-state index contributed by atoms with van der Waals surface area (Å²) in [6.07, 6.45) is 0.245. The Kier molecular flexibility index (Phi) is 7.44. The summed E-state index contributed by atoms with van der Waals surface area (Å²) < 4.78 is 13.7. The Bertz CT molecular complexity index is 1100. The molecule has 1 saturated heterocycles. The van der Waals surface area contributed by atoms with Crippen molar-refractivity contribution in [1.29, 1.82) is 0 Å². The molecule has 0 bridgehead atoms. The normalized spacial score (nSPS) is 13.9. The number of carbonyl (C=O) groups excluding carboxylic acids is 2. The van der Waals surface area contributed by atoms with Crippen molar-refractivity contribution in [2.24, 2.45) is 0 Å². The van der Waals surface area contributed by atoms with Gasteiger partial charge in [0.25, 0.3) is 0 Å². The molecule has 0 saturated carbocycles. The average molecular weight is 490 g/mol. The minimum absolute atomic E-state index is 0.0491. The smallest absolute Gasteiger partial charge is 0.228 e. The summed E-state index contributed by atoms with van der Waals surface area (Å²) in [4.78, 5) is 33.5. The van der Waals surface area contributed by atoms with Crippen LogP contribution in [0.2, 0.25) is 5.02 Å². The molecule has 0 radical (unpaired) electrons. The number of halogens is 2. The number of hydrogen-bond acceptors (Lipinski definition) is 6. The Morgan fingerprint density at radius 3 is 2.50 bits per heavy atom. The number of piperazine rings is 1. The molecular weight excluding hydrogens is 469 g/mol. The second-order valence-corrected chi connectivity index (χ2v) is 9.81. The highest BCUT2D eigenvalue weighted by atomic mass is 35.5. The fourth-order valence-corrected chi connectivity index (χ4v) is 5.45. The van der Waals surface area contributed by atoms with Crippen LogP contribution in [0.5, 0.6) is 0 Å². The van der Waals surface area contributed by atoms with Crippen LogP contribution in [-0.4, -0.2) is 53.5 Å². The van der Waals surface area contributed by atoms with Crippen molar-refractivity contribution in [1.82, 2.24) is 9.88 Å². The van der Waals surface area contributed by atoms with Crippen LogP contribution < -0.4 is 4.90 Å². The van der Waals surface area contributed by atoms with Gasteiger partial charge in [0, 0.05) is 37.1 Å². The van der Waals surface area contributed by atoms with Crippen LogP contribution in [0.15, 0.2) is 58.3 Å². The summed E-state index contributed by atoms with van der Waals surface area (Å²) in [6.45, 7) is 2.75. The molecule has 2 aromatic carbocycles. The summed E-state index contributed by atoms with van der Waals surface area (Å²) in [7, 11) is 0. The number of Topliss-reactive ketones (excluding diaryl/α,β-unsaturated/α-hetero) is 1. The lowest BCUT2D eigenvalue weighted by molar-refractivity contribution is -0.130. The number of para-hydroxylation sites is 1. The van der Waals surface area contributed by atoms with E-state index >= 15 is 0 Å². The molecule has 2 heterocycles. The minimum atomic E-state index is -0.367. The van der Waals surface area contributed by atoms with Gasteiger partial charge in [0.15, 0.2) is 10.1 Å². The predicted molar refractivity (Wildman–Crippen MR) is 128 cm³/mol. The fraction of sp³-hybridized carbons (Fsp3) is 0.261. The molecule has 0 unspecified atom stereocenters. The van der Waals surface area contributed by atoms with Crippen LogP contribution in [0.3, 0.4) is 0 Å². The van der Waals surface area contributed by atoms with Crippen molar-refractivity contribution in [3.8, 4) is 0 Å². The Labute approximate surface area is 199 Å². The summed E-state index contributed by atoms with van der Waals surface area (Å²) in [5.41, 5.74) is 2.18. The van der Waals surface area contributed by atoms with E-state index in [1.807, 2.05) is 34.5 Å². The van der Waals surface area contributed by atoms with Gasteiger partial charge >= 0.3 is 0 Å². The number of thioether (sulfide) groups is 1. The first kappa shape index (κ1) is 22.8. The van der Waals surface area contributed by atoms with Crippen molar-refractivity contribution < 1.29 is 14.0 Å². The number of benzene rings is 2. The number of thiazole rings is 1. The maximum absolute atomic E-state index is 13.0. The first-order valence-electron chi connectivity index (χ1n) is 10.1. The van der Waals surface area contributed by atoms with Crippen LogP contribution in [0.4, 0.5) is 10.1 Å². The molecule has 4 rings (SSSR count). The van der Waals surface area contributed by atoms with Gasteiger partial charge in [-0.15, -0.1) is 11.3 Å². The molecule has 1 aromatic heterocycles. The molecule has 1 aliphatic rings. The quantitative estimate of drug-likeness (QED) is 0.352. The number of anilines is 1. The van der Waals surface area contributed by atoms with Gasteiger partial charge in [-0.25, -0.2) is 9.37 Å². The zero-order chi connectivity index (χ0) is 22.5. The maximum Gasteiger partial charge on any atom is 0.228 e. The van der Waals surface area contributed by atoms with E-state index in [9.17, 15) is 14.0 Å². The molecule has 1 amide bonds. The second kappa shape index (κ2) is 10.5. The van der Waals surface area contributed by atoms with Crippen LogP contribution in [0.1, 0.15) is 16.1 Å². The molecule has 32 heavy (non-hydrogen) atoms. The molecule has 5 nitrogen and oxygen atoms in total. The number of ketones is 1. The molecule has 9 heteroatoms. The Morgan fingerprint density at radius 2 is 1.78 bits per heavy atom. The third kappa shape index (κ3) is 5.68. The van der Waals surface area contributed by atoms with Crippen LogP contribution in [-0.2, 0) is 11.2 Å². The van der Waals surface area contributed by atoms with Crippen LogP contribution in [0.25, 0.3) is 0 Å². The number of nitrogens with zero attached hydrogens (tertiary/aromatic N) is 3. The van der Waals surface area contributed by atoms with Gasteiger partial charge in [-0.3, -0.25) is 9.59 Å². The number of hydrogen-bond donors (Lipinski definition) is 0. The van der Waals surface area contributed by atoms with Crippen molar-refractivity contribution >= 4 is 52.1 Å². The highest BCUT2D eigenvalue weighted by Crippen LogP contribution is 2.27. The van der Waals surface area contributed by atoms with Crippen molar-refractivity contribution in [3.63, 3.8) is 0 Å². The van der Waals surface area contributed by atoms with Crippen molar-refractivity contribution in [3.05, 3.63) is 76.0 Å². The van der Waals surface area contributed by atoms with Gasteiger partial charge in [-0.2, -0.15) is 0 Å². The molecular formula is C23H21ClFN3O2S2. The molecule has 1 fully saturated rings. The molecule has 0 aliphatic carbocycles. The van der Waals surface area contributed by atoms with E-state index < -0.39 is 0 Å². The van der Waals surface area contributed by atoms with E-state index in [2.05, 4.69) is 9.88 Å². The first-order valence-corrected chi connectivity index (χ1v) is 12.4. The average Bonchev–Trinajstić information content (AvgIpc) is 3.25. The summed E-state index contributed by atoms with van der Waals surface area (Å²) in [5.74, 6) is -0.183. The third-order valence-corrected chi connectivity index (χ3v) is 7.57. The van der Waals surface area contributed by atoms with E-state index in [0.717, 1.165) is 28.1 Å². The van der Waals surface area contributed by atoms with E-state index in [-0.39, 0.29) is 29.7 Å². The highest BCUT2D eigenvalue weighted by molar-refractivity contribution is 8.01. The van der Waals surface area contributed by atoms with E-state index in [1.54, 1.807) is 0 Å². The predicted octanol–water partition coefficient (Wildman–Crippen LogP) is 4.80. The van der Waals surface area contributed by atoms with E-state index in [4.69, 9.17) is 11.6 Å². The summed E-state index contributed by atoms with van der Waals surface area (Å²) >= 11 is 9.04. The lowest BCUT2D eigenvalue weighted by Gasteiger charge is -2.36. The zero-order valence-corrected chi connectivity index (χ0v) is 19.6. The fourth-order valence-electron chi connectivity index (χ4n) is 3.45. The van der Waals surface area contributed by atoms with Crippen LogP contribution >= 0.6 is 34.7 Å². The Morgan fingerprint density at radius 1 is 1.06 bits per heavy atom. The van der Waals surface area contributed by atoms with Gasteiger partial charge in [-0.1, -0.05) is 35.5 Å². The summed E-state index contributed by atoms with van der Waals surface area (Å²) in [6, 6.07) is 13.3. The zero-order valence-electron chi connectivity index (χ0n) is 17.2. The molecule has 1 aliphatic heterocycles. The number of rotatable bonds is 7. The Hall–Kier alpha value is -2.42. The standard InChI is InChI=1S/C23H21ClFN3O2S2/c24-19-3-1-2-4-20(19)27-9-11-28(12-10-27)22(30)13-18-14-31-23(26-18)32-15-21(29)16-5-7-17(25)8-6-16/h1-8,14H,9-13,15H2. The molecule has 0 N–H and O–H groups in total. The van der Waals surface area contributed by atoms with Gasteiger partial charge in [-0.05, 0) is 36.4 Å². The lowest BCUT2D eigenvalue weighted by Crippen LogP contribution is -2.49. The molecule has 0 spiro atoms. The topological polar surface area (TPSA) is 53.5 Å². The van der Waals surface area contributed by atoms with Crippen LogP contribution in [0, 0.1) is 5.82 Å². The second-order valence-electron chi connectivity index (χ2n) is 7.32. The monoisotopic (exact) mass is 489 g/mol. The van der Waals surface area contributed by atoms with Gasteiger partial charge in [0.1, 0.15) is 5.82 Å². The van der Waals surface area contributed by atoms with E-state index in [0.29, 0.717) is 24.3 Å². The van der Waals surface area contributed by atoms with Crippen molar-refractivity contribution in [2.75, 3.05) is 36.8 Å². The van der Waals surface area contributed by atoms with Gasteiger partial charge in [0.05, 0.1) is 28.6 Å². The third-order valence-electron chi connectivity index (χ3n) is 5.18. The molecule has 166 valence electrons. The van der Waals surface area contributed by atoms with E-state index in [1.165, 1.54) is 47.4 Å². The summed E-state index contributed by atoms with van der Waals surface area (Å²) in [5, 5.41) is 2.58. The first-order chi connectivity index (χ1) is 15.5. The SMILES string of the molecule is O=C(CSc1nc(CC(=O)N2CCN(c3ccccc3Cl)CC2)cs1)c1ccc(F)cc1. The largest absolute Gasteiger partial charge is 0.367 e. The number of amides is 1.